The van der Waals surface area contributed by atoms with Crippen LogP contribution in [0.25, 0.3) is 0 Å². The van der Waals surface area contributed by atoms with Gasteiger partial charge in [-0.05, 0) is 19.1 Å². The third-order valence-electron chi connectivity index (χ3n) is 1.94. The van der Waals surface area contributed by atoms with Crippen molar-refractivity contribution in [2.75, 3.05) is 6.61 Å². The van der Waals surface area contributed by atoms with E-state index in [9.17, 15) is 26.4 Å². The molecule has 0 bridgehead atoms. The number of carbonyl (C=O) groups is 1. The van der Waals surface area contributed by atoms with Crippen LogP contribution in [0.5, 0.6) is 5.75 Å². The molecule has 1 rings (SSSR count). The van der Waals surface area contributed by atoms with Gasteiger partial charge in [0, 0.05) is 10.7 Å². The molecule has 112 valence electrons. The fourth-order valence-corrected chi connectivity index (χ4v) is 2.58. The molecule has 0 atom stereocenters. The number of esters is 1. The van der Waals surface area contributed by atoms with Gasteiger partial charge in [0.15, 0.2) is 0 Å². The lowest BCUT2D eigenvalue weighted by atomic mass is 10.2. The van der Waals surface area contributed by atoms with Crippen molar-refractivity contribution >= 4 is 25.7 Å². The molecule has 10 heteroatoms. The Morgan fingerprint density at radius 3 is 2.40 bits per heavy atom. The molecule has 0 unspecified atom stereocenters. The standard InChI is InChI=1S/C10H8ClF3O5S/c1-2-18-9(15)6-4-3-5-7(19-10(12,13)14)8(6)20(11,16)17/h3-5H,2H2,1H3. The van der Waals surface area contributed by atoms with Crippen LogP contribution in [0.15, 0.2) is 23.1 Å². The van der Waals surface area contributed by atoms with Crippen molar-refractivity contribution in [2.45, 2.75) is 18.2 Å². The predicted octanol–water partition coefficient (Wildman–Crippen LogP) is 2.69. The predicted molar refractivity (Wildman–Crippen MR) is 62.1 cm³/mol. The average molecular weight is 333 g/mol. The lowest BCUT2D eigenvalue weighted by Crippen LogP contribution is -2.20. The van der Waals surface area contributed by atoms with Gasteiger partial charge in [-0.25, -0.2) is 13.2 Å². The summed E-state index contributed by atoms with van der Waals surface area (Å²) < 4.78 is 67.5. The number of carbonyl (C=O) groups excluding carboxylic acids is 1. The van der Waals surface area contributed by atoms with Crippen molar-refractivity contribution in [1.29, 1.82) is 0 Å². The van der Waals surface area contributed by atoms with Crippen molar-refractivity contribution in [1.82, 2.24) is 0 Å². The molecule has 0 radical (unpaired) electrons. The summed E-state index contributed by atoms with van der Waals surface area (Å²) in [6, 6.07) is 2.71. The summed E-state index contributed by atoms with van der Waals surface area (Å²) in [6.45, 7) is 1.35. The molecule has 0 spiro atoms. The number of hydrogen-bond acceptors (Lipinski definition) is 5. The summed E-state index contributed by atoms with van der Waals surface area (Å²) in [6.07, 6.45) is -5.14. The third kappa shape index (κ3) is 4.27. The highest BCUT2D eigenvalue weighted by molar-refractivity contribution is 8.13. The van der Waals surface area contributed by atoms with Gasteiger partial charge >= 0.3 is 12.3 Å². The Labute approximate surface area is 116 Å². The van der Waals surface area contributed by atoms with E-state index < -0.39 is 37.6 Å². The summed E-state index contributed by atoms with van der Waals surface area (Å²) in [4.78, 5) is 10.5. The van der Waals surface area contributed by atoms with E-state index in [4.69, 9.17) is 10.7 Å². The molecular formula is C10H8ClF3O5S. The Kier molecular flexibility index (Phi) is 4.87. The number of alkyl halides is 3. The zero-order chi connectivity index (χ0) is 15.6. The fourth-order valence-electron chi connectivity index (χ4n) is 1.34. The number of hydrogen-bond donors (Lipinski definition) is 0. The minimum absolute atomic E-state index is 0.0923. The first kappa shape index (κ1) is 16.6. The summed E-state index contributed by atoms with van der Waals surface area (Å²) in [5.41, 5.74) is -0.636. The number of rotatable bonds is 4. The first-order valence-electron chi connectivity index (χ1n) is 5.07. The van der Waals surface area contributed by atoms with E-state index in [1.165, 1.54) is 6.92 Å². The molecule has 0 fully saturated rings. The van der Waals surface area contributed by atoms with Crippen molar-refractivity contribution in [3.8, 4) is 5.75 Å². The monoisotopic (exact) mass is 332 g/mol. The topological polar surface area (TPSA) is 69.7 Å². The maximum Gasteiger partial charge on any atom is 0.573 e. The van der Waals surface area contributed by atoms with E-state index in [2.05, 4.69) is 9.47 Å². The van der Waals surface area contributed by atoms with Gasteiger partial charge in [0.1, 0.15) is 10.6 Å². The van der Waals surface area contributed by atoms with Crippen molar-refractivity contribution in [3.63, 3.8) is 0 Å². The molecule has 0 N–H and O–H groups in total. The van der Waals surface area contributed by atoms with Crippen molar-refractivity contribution < 1.29 is 35.9 Å². The Morgan fingerprint density at radius 1 is 1.35 bits per heavy atom. The molecule has 0 heterocycles. The SMILES string of the molecule is CCOC(=O)c1cccc(OC(F)(F)F)c1S(=O)(=O)Cl. The number of benzene rings is 1. The maximum atomic E-state index is 12.2. The van der Waals surface area contributed by atoms with Gasteiger partial charge in [-0.1, -0.05) is 6.07 Å². The number of halogens is 4. The summed E-state index contributed by atoms with van der Waals surface area (Å²) in [5.74, 6) is -2.22. The van der Waals surface area contributed by atoms with Gasteiger partial charge in [0.2, 0.25) is 0 Å². The van der Waals surface area contributed by atoms with Crippen LogP contribution in [0.1, 0.15) is 17.3 Å². The van der Waals surface area contributed by atoms with E-state index in [0.29, 0.717) is 0 Å². The van der Waals surface area contributed by atoms with E-state index in [1.807, 2.05) is 0 Å². The molecule has 0 aliphatic heterocycles. The number of ether oxygens (including phenoxy) is 2. The second kappa shape index (κ2) is 5.88. The Bertz CT molecular complexity index is 612. The molecule has 5 nitrogen and oxygen atoms in total. The van der Waals surface area contributed by atoms with Crippen LogP contribution >= 0.6 is 10.7 Å². The lowest BCUT2D eigenvalue weighted by molar-refractivity contribution is -0.275. The Morgan fingerprint density at radius 2 is 1.95 bits per heavy atom. The zero-order valence-corrected chi connectivity index (χ0v) is 11.5. The minimum atomic E-state index is -5.14. The quantitative estimate of drug-likeness (QED) is 0.626. The van der Waals surface area contributed by atoms with Crippen LogP contribution in [0, 0.1) is 0 Å². The van der Waals surface area contributed by atoms with Crippen molar-refractivity contribution in [2.24, 2.45) is 0 Å². The minimum Gasteiger partial charge on any atom is -0.462 e. The van der Waals surface area contributed by atoms with Crippen LogP contribution in [0.4, 0.5) is 13.2 Å². The lowest BCUT2D eigenvalue weighted by Gasteiger charge is -2.14. The second-order valence-electron chi connectivity index (χ2n) is 3.34. The highest BCUT2D eigenvalue weighted by atomic mass is 35.7. The third-order valence-corrected chi connectivity index (χ3v) is 3.32. The van der Waals surface area contributed by atoms with E-state index in [-0.39, 0.29) is 6.61 Å². The maximum absolute atomic E-state index is 12.2. The normalized spacial score (nSPS) is 12.1. The van der Waals surface area contributed by atoms with Crippen LogP contribution in [-0.4, -0.2) is 27.4 Å². The zero-order valence-electron chi connectivity index (χ0n) is 9.90. The first-order chi connectivity index (χ1) is 9.06. The van der Waals surface area contributed by atoms with Crippen molar-refractivity contribution in [3.05, 3.63) is 23.8 Å². The highest BCUT2D eigenvalue weighted by Crippen LogP contribution is 2.34. The second-order valence-corrected chi connectivity index (χ2v) is 5.84. The molecule has 0 aliphatic carbocycles. The van der Waals surface area contributed by atoms with Gasteiger partial charge in [0.05, 0.1) is 12.2 Å². The molecule has 0 saturated heterocycles. The summed E-state index contributed by atoms with van der Waals surface area (Å²) in [5, 5.41) is 0. The van der Waals surface area contributed by atoms with Gasteiger partial charge in [0.25, 0.3) is 9.05 Å². The Balaban J connectivity index is 3.47. The average Bonchev–Trinajstić information content (AvgIpc) is 2.25. The van der Waals surface area contributed by atoms with Gasteiger partial charge < -0.3 is 9.47 Å². The van der Waals surface area contributed by atoms with Crippen LogP contribution < -0.4 is 4.74 Å². The molecule has 0 saturated carbocycles. The Hall–Kier alpha value is -1.48. The van der Waals surface area contributed by atoms with E-state index in [1.54, 1.807) is 0 Å². The molecule has 20 heavy (non-hydrogen) atoms. The fraction of sp³-hybridized carbons (Fsp3) is 0.300. The van der Waals surface area contributed by atoms with Crippen LogP contribution in [0.2, 0.25) is 0 Å². The van der Waals surface area contributed by atoms with Gasteiger partial charge in [-0.2, -0.15) is 0 Å². The highest BCUT2D eigenvalue weighted by Gasteiger charge is 2.35. The first-order valence-corrected chi connectivity index (χ1v) is 7.37. The van der Waals surface area contributed by atoms with Gasteiger partial charge in [-0.15, -0.1) is 13.2 Å². The smallest absolute Gasteiger partial charge is 0.462 e. The molecular weight excluding hydrogens is 325 g/mol. The van der Waals surface area contributed by atoms with Crippen LogP contribution in [-0.2, 0) is 13.8 Å². The van der Waals surface area contributed by atoms with E-state index in [0.717, 1.165) is 18.2 Å². The largest absolute Gasteiger partial charge is 0.573 e. The summed E-state index contributed by atoms with van der Waals surface area (Å²) >= 11 is 0. The molecule has 0 amide bonds. The molecule has 0 aromatic heterocycles. The molecule has 1 aromatic carbocycles. The van der Waals surface area contributed by atoms with Crippen LogP contribution in [0.3, 0.4) is 0 Å². The summed E-state index contributed by atoms with van der Waals surface area (Å²) in [7, 11) is 0.406. The molecule has 0 aliphatic rings. The molecule has 1 aromatic rings. The van der Waals surface area contributed by atoms with Gasteiger partial charge in [-0.3, -0.25) is 0 Å². The van der Waals surface area contributed by atoms with E-state index >= 15 is 0 Å².